The Hall–Kier alpha value is -0.920. The minimum atomic E-state index is -5.74. The van der Waals surface area contributed by atoms with Crippen LogP contribution in [0.4, 0.5) is 22.0 Å². The molecule has 0 unspecified atom stereocenters. The molecule has 0 saturated heterocycles. The summed E-state index contributed by atoms with van der Waals surface area (Å²) < 4.78 is 107. The Balaban J connectivity index is 3.19. The van der Waals surface area contributed by atoms with Crippen molar-refractivity contribution in [3.8, 4) is 0 Å². The Bertz CT molecular complexity index is 714. The first-order chi connectivity index (χ1) is 9.39. The Kier molecular flexibility index (Phi) is 5.23. The van der Waals surface area contributed by atoms with Crippen LogP contribution in [0.1, 0.15) is 0 Å². The first kappa shape index (κ1) is 18.1. The van der Waals surface area contributed by atoms with Crippen LogP contribution in [0.5, 0.6) is 0 Å². The summed E-state index contributed by atoms with van der Waals surface area (Å²) in [5.74, 6) is -3.81. The molecule has 1 rings (SSSR count). The van der Waals surface area contributed by atoms with E-state index in [-0.39, 0.29) is 11.9 Å². The molecule has 0 bridgehead atoms. The molecule has 13 heteroatoms. The quantitative estimate of drug-likeness (QED) is 0.634. The maximum atomic E-state index is 12.4. The SMILES string of the molecule is O=S(=O)(NSc1ccccc1S(=O)(=O)C(F)(F)F)C(F)F. The van der Waals surface area contributed by atoms with Crippen LogP contribution in [-0.4, -0.2) is 28.1 Å². The molecule has 0 amide bonds. The zero-order chi connectivity index (χ0) is 16.5. The normalized spacial score (nSPS) is 13.6. The predicted molar refractivity (Wildman–Crippen MR) is 63.6 cm³/mol. The number of benzene rings is 1. The van der Waals surface area contributed by atoms with Crippen LogP contribution in [0.25, 0.3) is 0 Å². The van der Waals surface area contributed by atoms with E-state index >= 15 is 0 Å². The van der Waals surface area contributed by atoms with Crippen LogP contribution in [0.2, 0.25) is 0 Å². The zero-order valence-corrected chi connectivity index (χ0v) is 12.1. The number of nitrogens with one attached hydrogen (secondary N) is 1. The van der Waals surface area contributed by atoms with Crippen molar-refractivity contribution < 1.29 is 38.8 Å². The van der Waals surface area contributed by atoms with Crippen LogP contribution in [0, 0.1) is 0 Å². The molecule has 1 aromatic rings. The summed E-state index contributed by atoms with van der Waals surface area (Å²) in [5.41, 5.74) is -5.61. The number of hydrogen-bond donors (Lipinski definition) is 1. The van der Waals surface area contributed by atoms with Gasteiger partial charge >= 0.3 is 11.3 Å². The predicted octanol–water partition coefficient (Wildman–Crippen LogP) is 2.13. The van der Waals surface area contributed by atoms with E-state index in [0.717, 1.165) is 18.2 Å². The number of hydrogen-bond acceptors (Lipinski definition) is 5. The summed E-state index contributed by atoms with van der Waals surface area (Å²) in [6, 6.07) is 3.53. The van der Waals surface area contributed by atoms with Crippen molar-refractivity contribution in [1.29, 1.82) is 0 Å². The van der Waals surface area contributed by atoms with Gasteiger partial charge in [0.15, 0.2) is 0 Å². The Morgan fingerprint density at radius 1 is 1.05 bits per heavy atom. The monoisotopic (exact) mass is 371 g/mol. The lowest BCUT2D eigenvalue weighted by atomic mass is 10.4. The van der Waals surface area contributed by atoms with Crippen LogP contribution in [0.15, 0.2) is 34.1 Å². The molecule has 0 aromatic heterocycles. The minimum absolute atomic E-state index is 0.172. The van der Waals surface area contributed by atoms with Gasteiger partial charge < -0.3 is 0 Å². The van der Waals surface area contributed by atoms with Gasteiger partial charge in [0.1, 0.15) is 0 Å². The molecule has 0 atom stereocenters. The third kappa shape index (κ3) is 4.05. The van der Waals surface area contributed by atoms with Crippen molar-refractivity contribution in [3.63, 3.8) is 0 Å². The molecule has 0 fully saturated rings. The summed E-state index contributed by atoms with van der Waals surface area (Å²) in [6.45, 7) is 0. The molecule has 0 spiro atoms. The largest absolute Gasteiger partial charge is 0.501 e. The van der Waals surface area contributed by atoms with Gasteiger partial charge in [-0.05, 0) is 24.1 Å². The van der Waals surface area contributed by atoms with Crippen molar-refractivity contribution in [3.05, 3.63) is 24.3 Å². The second kappa shape index (κ2) is 6.06. The fourth-order valence-corrected chi connectivity index (χ4v) is 3.74. The van der Waals surface area contributed by atoms with Gasteiger partial charge in [-0.25, -0.2) is 16.8 Å². The maximum Gasteiger partial charge on any atom is 0.501 e. The smallest absolute Gasteiger partial charge is 0.214 e. The number of sulfonamides is 1. The van der Waals surface area contributed by atoms with E-state index in [1.54, 1.807) is 0 Å². The second-order valence-corrected chi connectivity index (χ2v) is 8.05. The van der Waals surface area contributed by atoms with Crippen molar-refractivity contribution >= 4 is 31.8 Å². The van der Waals surface area contributed by atoms with Gasteiger partial charge in [-0.3, -0.25) is 0 Å². The highest BCUT2D eigenvalue weighted by molar-refractivity contribution is 8.09. The van der Waals surface area contributed by atoms with Gasteiger partial charge in [0.25, 0.3) is 19.9 Å². The molecule has 120 valence electrons. The lowest BCUT2D eigenvalue weighted by Crippen LogP contribution is -2.26. The molecule has 0 aliphatic carbocycles. The van der Waals surface area contributed by atoms with E-state index in [9.17, 15) is 38.8 Å². The average Bonchev–Trinajstić information content (AvgIpc) is 2.35. The molecule has 0 heterocycles. The van der Waals surface area contributed by atoms with Gasteiger partial charge in [0, 0.05) is 4.90 Å². The average molecular weight is 371 g/mol. The van der Waals surface area contributed by atoms with Crippen LogP contribution in [0.3, 0.4) is 0 Å². The summed E-state index contributed by atoms with van der Waals surface area (Å²) >= 11 is -0.172. The zero-order valence-electron chi connectivity index (χ0n) is 9.63. The van der Waals surface area contributed by atoms with Crippen LogP contribution in [-0.2, 0) is 19.9 Å². The summed E-state index contributed by atoms with van der Waals surface area (Å²) in [6.07, 6.45) is 0. The molecular formula is C8H6F5NO4S3. The van der Waals surface area contributed by atoms with Gasteiger partial charge in [-0.15, -0.1) is 4.13 Å². The standard InChI is InChI=1S/C8H6F5NO4S3/c9-7(10)21(17,18)14-19-5-3-1-2-4-6(5)20(15,16)8(11,12)13/h1-4,7,14H. The first-order valence-electron chi connectivity index (χ1n) is 4.75. The van der Waals surface area contributed by atoms with Crippen LogP contribution < -0.4 is 4.13 Å². The van der Waals surface area contributed by atoms with E-state index in [4.69, 9.17) is 0 Å². The van der Waals surface area contributed by atoms with E-state index in [2.05, 4.69) is 0 Å². The lowest BCUT2D eigenvalue weighted by Gasteiger charge is -2.12. The summed E-state index contributed by atoms with van der Waals surface area (Å²) in [7, 11) is -10.8. The third-order valence-corrected chi connectivity index (χ3v) is 5.93. The molecular weight excluding hydrogens is 365 g/mol. The van der Waals surface area contributed by atoms with E-state index in [1.807, 2.05) is 0 Å². The summed E-state index contributed by atoms with van der Waals surface area (Å²) in [4.78, 5) is -1.92. The highest BCUT2D eigenvalue weighted by Gasteiger charge is 2.48. The van der Waals surface area contributed by atoms with E-state index in [1.165, 1.54) is 4.13 Å². The topological polar surface area (TPSA) is 80.3 Å². The molecule has 0 radical (unpaired) electrons. The first-order valence-corrected chi connectivity index (χ1v) is 8.60. The molecule has 5 nitrogen and oxygen atoms in total. The molecule has 0 aliphatic heterocycles. The minimum Gasteiger partial charge on any atom is -0.214 e. The Morgan fingerprint density at radius 3 is 2.05 bits per heavy atom. The number of alkyl halides is 5. The Labute approximate surface area is 120 Å². The van der Waals surface area contributed by atoms with E-state index < -0.39 is 40.9 Å². The van der Waals surface area contributed by atoms with Crippen LogP contribution >= 0.6 is 11.9 Å². The fourth-order valence-electron chi connectivity index (χ4n) is 1.02. The fraction of sp³-hybridized carbons (Fsp3) is 0.250. The number of sulfone groups is 1. The second-order valence-electron chi connectivity index (χ2n) is 3.39. The Morgan fingerprint density at radius 2 is 1.57 bits per heavy atom. The highest BCUT2D eigenvalue weighted by Crippen LogP contribution is 2.35. The summed E-state index contributed by atoms with van der Waals surface area (Å²) in [5, 5.41) is 0. The highest BCUT2D eigenvalue weighted by atomic mass is 32.3. The van der Waals surface area contributed by atoms with Gasteiger partial charge in [-0.1, -0.05) is 12.1 Å². The molecule has 0 aliphatic rings. The van der Waals surface area contributed by atoms with Gasteiger partial charge in [0.05, 0.1) is 4.90 Å². The maximum absolute atomic E-state index is 12.4. The molecule has 1 aromatic carbocycles. The lowest BCUT2D eigenvalue weighted by molar-refractivity contribution is -0.0437. The molecule has 0 saturated carbocycles. The van der Waals surface area contributed by atoms with Crippen molar-refractivity contribution in [2.24, 2.45) is 0 Å². The van der Waals surface area contributed by atoms with Gasteiger partial charge in [0.2, 0.25) is 0 Å². The van der Waals surface area contributed by atoms with E-state index in [0.29, 0.717) is 6.07 Å². The van der Waals surface area contributed by atoms with Crippen molar-refractivity contribution in [1.82, 2.24) is 4.13 Å². The molecule has 1 N–H and O–H groups in total. The van der Waals surface area contributed by atoms with Gasteiger partial charge in [-0.2, -0.15) is 22.0 Å². The number of rotatable bonds is 5. The number of halogens is 5. The molecule has 21 heavy (non-hydrogen) atoms. The van der Waals surface area contributed by atoms with Crippen molar-refractivity contribution in [2.75, 3.05) is 0 Å². The van der Waals surface area contributed by atoms with Crippen molar-refractivity contribution in [2.45, 2.75) is 21.1 Å². The third-order valence-electron chi connectivity index (χ3n) is 1.95.